The highest BCUT2D eigenvalue weighted by atomic mass is 35.5. The predicted octanol–water partition coefficient (Wildman–Crippen LogP) is 3.39. The molecule has 0 aliphatic heterocycles. The third-order valence-corrected chi connectivity index (χ3v) is 0.957. The normalized spacial score (nSPS) is 6.00. The van der Waals surface area contributed by atoms with Gasteiger partial charge in [0.2, 0.25) is 0 Å². The molecule has 0 atom stereocenters. The maximum Gasteiger partial charge on any atom is -0.0149 e. The van der Waals surface area contributed by atoms with Crippen molar-refractivity contribution in [2.24, 2.45) is 0 Å². The Balaban J connectivity index is -0.0000000246. The molecule has 0 saturated heterocycles. The molecule has 3 heteroatoms. The molecule has 82 valence electrons. The number of halogens is 2. The summed E-state index contributed by atoms with van der Waals surface area (Å²) in [5.41, 5.74) is 0. The fourth-order valence-corrected chi connectivity index (χ4v) is 0.500. The van der Waals surface area contributed by atoms with Crippen molar-refractivity contribution < 1.29 is 0 Å². The monoisotopic (exact) mass is 234 g/mol. The molecule has 0 nitrogen and oxygen atoms in total. The molecule has 0 spiro atoms. The van der Waals surface area contributed by atoms with Crippen molar-refractivity contribution in [2.45, 2.75) is 59.8 Å². The summed E-state index contributed by atoms with van der Waals surface area (Å²) in [4.78, 5) is 0. The zero-order valence-corrected chi connectivity index (χ0v) is 9.99. The van der Waals surface area contributed by atoms with Crippen molar-refractivity contribution in [1.82, 2.24) is 0 Å². The van der Waals surface area contributed by atoms with Crippen molar-refractivity contribution in [3.63, 3.8) is 0 Å². The van der Waals surface area contributed by atoms with Gasteiger partial charge in [0.1, 0.15) is 0 Å². The van der Waals surface area contributed by atoms with E-state index in [0.717, 1.165) is 0 Å². The molecule has 0 radical (unpaired) electrons. The smallest absolute Gasteiger partial charge is 0.0149 e. The van der Waals surface area contributed by atoms with Gasteiger partial charge in [-0.2, -0.15) is 0 Å². The molecule has 0 heterocycles. The van der Waals surface area contributed by atoms with E-state index >= 15 is 0 Å². The maximum atomic E-state index is 2.23. The quantitative estimate of drug-likeness (QED) is 0.519. The van der Waals surface area contributed by atoms with Crippen LogP contribution >= 0.6 is 24.8 Å². The van der Waals surface area contributed by atoms with E-state index in [1.807, 2.05) is 0 Å². The first-order valence-electron chi connectivity index (χ1n) is 4.33. The Morgan fingerprint density at radius 1 is 0.667 bits per heavy atom. The largest absolute Gasteiger partial charge is 0.147 e. The van der Waals surface area contributed by atoms with Gasteiger partial charge in [-0.25, -0.2) is 0 Å². The van der Waals surface area contributed by atoms with Gasteiger partial charge in [0.05, 0.1) is 0 Å². The van der Waals surface area contributed by atoms with Gasteiger partial charge in [0.15, 0.2) is 0 Å². The highest BCUT2D eigenvalue weighted by molar-refractivity contribution is 5.85. The summed E-state index contributed by atoms with van der Waals surface area (Å²) in [6, 6.07) is 0. The predicted molar refractivity (Wildman–Crippen MR) is 71.6 cm³/mol. The molecule has 0 aliphatic carbocycles. The first-order valence-corrected chi connectivity index (χ1v) is 4.33. The molecule has 0 aromatic rings. The van der Waals surface area contributed by atoms with Crippen molar-refractivity contribution in [3.8, 4) is 0 Å². The summed E-state index contributed by atoms with van der Waals surface area (Å²) in [6.07, 6.45) is 6.79. The third kappa shape index (κ3) is 71.9. The lowest BCUT2D eigenvalue weighted by Gasteiger charge is -1.86. The Labute approximate surface area is 95.7 Å². The van der Waals surface area contributed by atoms with E-state index in [2.05, 4.69) is 27.7 Å². The number of unbranched alkanes of at least 4 members (excludes halogenated alkanes) is 3. The highest BCUT2D eigenvalue weighted by Crippen LogP contribution is 1.95. The van der Waals surface area contributed by atoms with E-state index in [1.54, 1.807) is 0 Å². The average molecular weight is 235 g/mol. The first kappa shape index (κ1) is 29.3. The van der Waals surface area contributed by atoms with E-state index in [1.165, 1.54) is 32.1 Å². The van der Waals surface area contributed by atoms with Crippen LogP contribution in [0.3, 0.4) is 0 Å². The van der Waals surface area contributed by atoms with Gasteiger partial charge < -0.3 is 0 Å². The molecule has 0 bridgehead atoms. The molecule has 12 heavy (non-hydrogen) atoms. The summed E-state index contributed by atoms with van der Waals surface area (Å²) >= 11 is 0. The van der Waals surface area contributed by atoms with Gasteiger partial charge in [-0.15, -0.1) is 24.8 Å². The minimum atomic E-state index is 0. The van der Waals surface area contributed by atoms with Crippen LogP contribution in [0.25, 0.3) is 0 Å². The van der Waals surface area contributed by atoms with Crippen LogP contribution in [-0.2, 0) is 0 Å². The molecule has 0 saturated carbocycles. The zero-order chi connectivity index (χ0) is 7.54. The molecule has 0 aromatic heterocycles. The van der Waals surface area contributed by atoms with Gasteiger partial charge >= 0.3 is 0 Å². The van der Waals surface area contributed by atoms with Gasteiger partial charge in [-0.1, -0.05) is 59.8 Å². The van der Waals surface area contributed by atoms with E-state index in [0.29, 0.717) is 0 Å². The third-order valence-electron chi connectivity index (χ3n) is 0.957. The van der Waals surface area contributed by atoms with E-state index < -0.39 is 0 Å². The lowest BCUT2D eigenvalue weighted by Crippen LogP contribution is -1.66. The lowest BCUT2D eigenvalue weighted by atomic mass is 10.2. The van der Waals surface area contributed by atoms with Gasteiger partial charge in [0, 0.05) is 0 Å². The van der Waals surface area contributed by atoms with Crippen LogP contribution in [0.4, 0.5) is 0 Å². The number of hydrogen-bond acceptors (Lipinski definition) is 0. The topological polar surface area (TPSA) is 0 Å². The number of hydrogen-bond donors (Lipinski definition) is 0. The van der Waals surface area contributed by atoms with Crippen LogP contribution in [0.5, 0.6) is 0 Å². The highest BCUT2D eigenvalue weighted by Gasteiger charge is 1.75. The molecule has 0 aliphatic rings. The first-order chi connectivity index (χ1) is 4.33. The summed E-state index contributed by atoms with van der Waals surface area (Å²) in [7, 11) is 0. The van der Waals surface area contributed by atoms with E-state index in [9.17, 15) is 0 Å². The second-order valence-corrected chi connectivity index (χ2v) is 2.41. The van der Waals surface area contributed by atoms with Crippen molar-refractivity contribution in [3.05, 3.63) is 0 Å². The molecule has 0 rings (SSSR count). The van der Waals surface area contributed by atoms with Crippen LogP contribution in [0.2, 0.25) is 0 Å². The van der Waals surface area contributed by atoms with Gasteiger partial charge in [0.25, 0.3) is 0 Å². The van der Waals surface area contributed by atoms with Crippen LogP contribution in [0, 0.1) is 0 Å². The molecule has 0 aromatic carbocycles. The Morgan fingerprint density at radius 2 is 0.833 bits per heavy atom. The maximum absolute atomic E-state index is 2.23. The fraction of sp³-hybridized carbons (Fsp3) is 1.00. The summed E-state index contributed by atoms with van der Waals surface area (Å²) in [5.74, 6) is 0. The van der Waals surface area contributed by atoms with E-state index in [4.69, 9.17) is 0 Å². The van der Waals surface area contributed by atoms with Crippen LogP contribution in [0.1, 0.15) is 59.8 Å². The second-order valence-electron chi connectivity index (χ2n) is 2.41. The van der Waals surface area contributed by atoms with Crippen molar-refractivity contribution in [2.75, 3.05) is 0 Å². The van der Waals surface area contributed by atoms with Crippen LogP contribution in [-0.4, -0.2) is 11.0 Å². The molecule has 0 unspecified atom stereocenters. The lowest BCUT2D eigenvalue weighted by molar-refractivity contribution is 0.702. The minimum absolute atomic E-state index is 0. The van der Waals surface area contributed by atoms with Gasteiger partial charge in [-0.3, -0.25) is 0 Å². The van der Waals surface area contributed by atoms with Crippen LogP contribution < -0.4 is 0 Å². The summed E-state index contributed by atoms with van der Waals surface area (Å²) in [5, 5.41) is 0. The fourth-order valence-electron chi connectivity index (χ4n) is 0.500. The molecular weight excluding hydrogens is 207 g/mol. The standard InChI is InChI=1S/C6H14.C3H8.2ClH.H4Si/c1-3-5-6-4-2;1-3-2;;;/h3-6H2,1-2H3;3H2,1-2H3;2*1H;1H4. The van der Waals surface area contributed by atoms with E-state index in [-0.39, 0.29) is 35.8 Å². The summed E-state index contributed by atoms with van der Waals surface area (Å²) < 4.78 is 0. The number of rotatable bonds is 3. The Hall–Kier alpha value is 0.797. The molecule has 0 N–H and O–H groups in total. The van der Waals surface area contributed by atoms with Crippen molar-refractivity contribution >= 4 is 35.8 Å². The van der Waals surface area contributed by atoms with Gasteiger partial charge in [-0.05, 0) is 11.0 Å². The molecule has 0 amide bonds. The summed E-state index contributed by atoms with van der Waals surface area (Å²) in [6.45, 7) is 8.71. The Kier molecular flexibility index (Phi) is 99.9. The van der Waals surface area contributed by atoms with Crippen LogP contribution in [0.15, 0.2) is 0 Å². The average Bonchev–Trinajstić information content (AvgIpc) is 1.86. The molecular formula is C9H28Cl2Si. The molecule has 0 fully saturated rings. The Bertz CT molecular complexity index is 31.7. The zero-order valence-electron chi connectivity index (χ0n) is 8.35. The Morgan fingerprint density at radius 3 is 0.917 bits per heavy atom. The van der Waals surface area contributed by atoms with Crippen molar-refractivity contribution in [1.29, 1.82) is 0 Å². The minimum Gasteiger partial charge on any atom is -0.147 e. The SMILES string of the molecule is CCC.CCCCCC.Cl.Cl.[SiH4]. The second kappa shape index (κ2) is 40.9.